The van der Waals surface area contributed by atoms with E-state index in [1.54, 1.807) is 6.20 Å². The Kier molecular flexibility index (Phi) is 4.81. The van der Waals surface area contributed by atoms with Crippen molar-refractivity contribution in [2.24, 2.45) is 0 Å². The summed E-state index contributed by atoms with van der Waals surface area (Å²) in [6.07, 6.45) is 2.27. The van der Waals surface area contributed by atoms with Crippen molar-refractivity contribution in [2.75, 3.05) is 12.8 Å². The van der Waals surface area contributed by atoms with Crippen LogP contribution in [0, 0.1) is 0 Å². The van der Waals surface area contributed by atoms with E-state index in [2.05, 4.69) is 9.71 Å². The number of rotatable bonds is 6. The highest BCUT2D eigenvalue weighted by atomic mass is 32.2. The second-order valence-electron chi connectivity index (χ2n) is 4.36. The molecule has 0 radical (unpaired) electrons. The molecule has 2 rings (SSSR count). The lowest BCUT2D eigenvalue weighted by Crippen LogP contribution is -2.28. The number of hydrogen-bond donors (Lipinski definition) is 2. The molecule has 0 saturated carbocycles. The molecule has 0 fully saturated rings. The van der Waals surface area contributed by atoms with Gasteiger partial charge in [-0.2, -0.15) is 0 Å². The lowest BCUT2D eigenvalue weighted by Gasteiger charge is -2.15. The zero-order valence-corrected chi connectivity index (χ0v) is 13.4. The zero-order chi connectivity index (χ0) is 15.5. The van der Waals surface area contributed by atoms with Crippen molar-refractivity contribution < 1.29 is 13.2 Å². The Balaban J connectivity index is 2.29. The minimum Gasteiger partial charge on any atom is -0.495 e. The lowest BCUT2D eigenvalue weighted by atomic mass is 10.3. The Hall–Kier alpha value is -1.64. The first-order chi connectivity index (χ1) is 9.97. The van der Waals surface area contributed by atoms with Gasteiger partial charge in [0.2, 0.25) is 10.0 Å². The van der Waals surface area contributed by atoms with Crippen LogP contribution in [0.3, 0.4) is 0 Å². The molecule has 1 aromatic heterocycles. The second kappa shape index (κ2) is 6.42. The van der Waals surface area contributed by atoms with Crippen molar-refractivity contribution in [3.63, 3.8) is 0 Å². The molecule has 114 valence electrons. The SMILES string of the molecule is CCC(NS(=O)(=O)c1ccc(N)c(OC)c1)c1nccs1. The van der Waals surface area contributed by atoms with Crippen LogP contribution < -0.4 is 15.2 Å². The number of hydrogen-bond acceptors (Lipinski definition) is 6. The molecule has 1 atom stereocenters. The Labute approximate surface area is 128 Å². The van der Waals surface area contributed by atoms with Crippen molar-refractivity contribution >= 4 is 27.0 Å². The van der Waals surface area contributed by atoms with Crippen LogP contribution in [0.5, 0.6) is 5.75 Å². The van der Waals surface area contributed by atoms with Gasteiger partial charge >= 0.3 is 0 Å². The minimum absolute atomic E-state index is 0.114. The molecule has 0 amide bonds. The average molecular weight is 327 g/mol. The minimum atomic E-state index is -3.67. The Morgan fingerprint density at radius 2 is 2.24 bits per heavy atom. The van der Waals surface area contributed by atoms with Crippen molar-refractivity contribution in [1.29, 1.82) is 0 Å². The topological polar surface area (TPSA) is 94.3 Å². The molecule has 0 aliphatic heterocycles. The van der Waals surface area contributed by atoms with E-state index in [0.29, 0.717) is 17.9 Å². The summed E-state index contributed by atoms with van der Waals surface area (Å²) in [6, 6.07) is 4.03. The molecule has 0 spiro atoms. The Morgan fingerprint density at radius 3 is 2.81 bits per heavy atom. The van der Waals surface area contributed by atoms with E-state index in [0.717, 1.165) is 5.01 Å². The van der Waals surface area contributed by atoms with Gasteiger partial charge in [0.15, 0.2) is 0 Å². The summed E-state index contributed by atoms with van der Waals surface area (Å²) in [5, 5.41) is 2.56. The van der Waals surface area contributed by atoms with Gasteiger partial charge in [-0.15, -0.1) is 11.3 Å². The number of anilines is 1. The van der Waals surface area contributed by atoms with E-state index in [1.807, 2.05) is 12.3 Å². The number of ether oxygens (including phenoxy) is 1. The standard InChI is InChI=1S/C13H17N3O3S2/c1-3-11(13-15-6-7-20-13)16-21(17,18)9-4-5-10(14)12(8-9)19-2/h4-8,11,16H,3,14H2,1-2H3. The summed E-state index contributed by atoms with van der Waals surface area (Å²) in [5.74, 6) is 0.333. The maximum atomic E-state index is 12.4. The molecule has 0 saturated heterocycles. The van der Waals surface area contributed by atoms with Crippen molar-refractivity contribution in [1.82, 2.24) is 9.71 Å². The zero-order valence-electron chi connectivity index (χ0n) is 11.7. The van der Waals surface area contributed by atoms with Gasteiger partial charge in [-0.1, -0.05) is 6.92 Å². The number of aromatic nitrogens is 1. The predicted molar refractivity (Wildman–Crippen MR) is 82.9 cm³/mol. The molecule has 0 aliphatic carbocycles. The molecule has 6 nitrogen and oxygen atoms in total. The summed E-state index contributed by atoms with van der Waals surface area (Å²) < 4.78 is 32.6. The van der Waals surface area contributed by atoms with Gasteiger partial charge in [-0.05, 0) is 18.6 Å². The van der Waals surface area contributed by atoms with Crippen LogP contribution in [0.15, 0.2) is 34.7 Å². The van der Waals surface area contributed by atoms with E-state index in [-0.39, 0.29) is 10.9 Å². The van der Waals surface area contributed by atoms with Gasteiger partial charge in [0, 0.05) is 17.6 Å². The summed E-state index contributed by atoms with van der Waals surface area (Å²) in [4.78, 5) is 4.27. The lowest BCUT2D eigenvalue weighted by molar-refractivity contribution is 0.415. The van der Waals surface area contributed by atoms with Gasteiger partial charge in [-0.3, -0.25) is 0 Å². The van der Waals surface area contributed by atoms with E-state index in [9.17, 15) is 8.42 Å². The van der Waals surface area contributed by atoms with Gasteiger partial charge in [0.25, 0.3) is 0 Å². The van der Waals surface area contributed by atoms with E-state index in [4.69, 9.17) is 10.5 Å². The number of nitrogens with zero attached hydrogens (tertiary/aromatic N) is 1. The number of sulfonamides is 1. The summed E-state index contributed by atoms with van der Waals surface area (Å²) in [7, 11) is -2.22. The molecule has 1 unspecified atom stereocenters. The number of nitrogens with two attached hydrogens (primary N) is 1. The highest BCUT2D eigenvalue weighted by molar-refractivity contribution is 7.89. The van der Waals surface area contributed by atoms with Crippen molar-refractivity contribution in [3.8, 4) is 5.75 Å². The third kappa shape index (κ3) is 3.52. The average Bonchev–Trinajstić information content (AvgIpc) is 2.99. The summed E-state index contributed by atoms with van der Waals surface area (Å²) in [5.41, 5.74) is 6.09. The van der Waals surface area contributed by atoms with Crippen LogP contribution in [-0.2, 0) is 10.0 Å². The fourth-order valence-corrected chi connectivity index (χ4v) is 3.97. The highest BCUT2D eigenvalue weighted by Crippen LogP contribution is 2.27. The normalized spacial score (nSPS) is 13.0. The van der Waals surface area contributed by atoms with Crippen molar-refractivity contribution in [2.45, 2.75) is 24.3 Å². The molecular weight excluding hydrogens is 310 g/mol. The number of thiazole rings is 1. The molecule has 0 bridgehead atoms. The fraction of sp³-hybridized carbons (Fsp3) is 0.308. The van der Waals surface area contributed by atoms with Crippen LogP contribution in [-0.4, -0.2) is 20.5 Å². The number of benzene rings is 1. The number of methoxy groups -OCH3 is 1. The largest absolute Gasteiger partial charge is 0.495 e. The van der Waals surface area contributed by atoms with Gasteiger partial charge in [-0.25, -0.2) is 18.1 Å². The molecule has 1 heterocycles. The smallest absolute Gasteiger partial charge is 0.241 e. The van der Waals surface area contributed by atoms with Gasteiger partial charge < -0.3 is 10.5 Å². The molecule has 1 aromatic carbocycles. The fourth-order valence-electron chi connectivity index (χ4n) is 1.83. The first-order valence-electron chi connectivity index (χ1n) is 6.33. The maximum absolute atomic E-state index is 12.4. The predicted octanol–water partition coefficient (Wildman–Crippen LogP) is 2.16. The first-order valence-corrected chi connectivity index (χ1v) is 8.69. The number of nitrogen functional groups attached to an aromatic ring is 1. The van der Waals surface area contributed by atoms with Crippen molar-refractivity contribution in [3.05, 3.63) is 34.8 Å². The monoisotopic (exact) mass is 327 g/mol. The molecular formula is C13H17N3O3S2. The molecule has 0 aliphatic rings. The van der Waals surface area contributed by atoms with Crippen LogP contribution in [0.1, 0.15) is 24.4 Å². The van der Waals surface area contributed by atoms with Crippen LogP contribution in [0.4, 0.5) is 5.69 Å². The molecule has 3 N–H and O–H groups in total. The van der Waals surface area contributed by atoms with Crippen LogP contribution in [0.25, 0.3) is 0 Å². The maximum Gasteiger partial charge on any atom is 0.241 e. The Bertz CT molecular complexity index is 699. The Morgan fingerprint density at radius 1 is 1.48 bits per heavy atom. The van der Waals surface area contributed by atoms with E-state index >= 15 is 0 Å². The third-order valence-electron chi connectivity index (χ3n) is 2.97. The summed E-state index contributed by atoms with van der Waals surface area (Å²) in [6.45, 7) is 1.90. The van der Waals surface area contributed by atoms with Gasteiger partial charge in [0.1, 0.15) is 10.8 Å². The van der Waals surface area contributed by atoms with E-state index < -0.39 is 10.0 Å². The van der Waals surface area contributed by atoms with Crippen LogP contribution >= 0.6 is 11.3 Å². The molecule has 2 aromatic rings. The number of nitrogens with one attached hydrogen (secondary N) is 1. The highest BCUT2D eigenvalue weighted by Gasteiger charge is 2.22. The quantitative estimate of drug-likeness (QED) is 0.793. The van der Waals surface area contributed by atoms with Crippen LogP contribution in [0.2, 0.25) is 0 Å². The first kappa shape index (κ1) is 15.7. The van der Waals surface area contributed by atoms with Gasteiger partial charge in [0.05, 0.1) is 23.7 Å². The van der Waals surface area contributed by atoms with E-state index in [1.165, 1.54) is 36.6 Å². The molecule has 21 heavy (non-hydrogen) atoms. The molecule has 8 heteroatoms. The third-order valence-corrected chi connectivity index (χ3v) is 5.33. The second-order valence-corrected chi connectivity index (χ2v) is 7.00. The summed E-state index contributed by atoms with van der Waals surface area (Å²) >= 11 is 1.42.